The zero-order valence-electron chi connectivity index (χ0n) is 16.0. The van der Waals surface area contributed by atoms with E-state index in [9.17, 15) is 19.4 Å². The monoisotopic (exact) mass is 370 g/mol. The fraction of sp³-hybridized carbons (Fsp3) is 0.762. The Kier molecular flexibility index (Phi) is 11.5. The summed E-state index contributed by atoms with van der Waals surface area (Å²) in [6.07, 6.45) is 10.9. The van der Waals surface area contributed by atoms with Crippen molar-refractivity contribution in [2.75, 3.05) is 6.67 Å². The van der Waals surface area contributed by atoms with Gasteiger partial charge in [-0.1, -0.05) is 56.8 Å². The number of aliphatic hydroxyl groups is 2. The lowest BCUT2D eigenvalue weighted by Crippen LogP contribution is -2.15. The molecule has 3 N–H and O–H groups in total. The van der Waals surface area contributed by atoms with E-state index in [2.05, 4.69) is 6.92 Å². The normalized spacial score (nSPS) is 21.7. The van der Waals surface area contributed by atoms with Crippen LogP contribution in [0.5, 0.6) is 0 Å². The lowest BCUT2D eigenvalue weighted by Gasteiger charge is -2.16. The molecule has 1 aliphatic rings. The predicted molar refractivity (Wildman–Crippen MR) is 102 cm³/mol. The maximum atomic E-state index is 13.3. The van der Waals surface area contributed by atoms with Crippen molar-refractivity contribution < 1.29 is 24.5 Å². The van der Waals surface area contributed by atoms with Gasteiger partial charge in [0.2, 0.25) is 0 Å². The second-order valence-corrected chi connectivity index (χ2v) is 7.32. The van der Waals surface area contributed by atoms with Gasteiger partial charge in [-0.25, -0.2) is 4.39 Å². The summed E-state index contributed by atoms with van der Waals surface area (Å²) in [5.41, 5.74) is 1.66. The van der Waals surface area contributed by atoms with Crippen LogP contribution in [0.1, 0.15) is 77.6 Å². The molecular formula is C21H35FO4. The van der Waals surface area contributed by atoms with Crippen LogP contribution in [-0.4, -0.2) is 40.2 Å². The van der Waals surface area contributed by atoms with Gasteiger partial charge in [0.05, 0.1) is 12.2 Å². The number of aliphatic hydroxyl groups excluding tert-OH is 2. The number of carboxylic acids is 1. The highest BCUT2D eigenvalue weighted by Gasteiger charge is 2.31. The van der Waals surface area contributed by atoms with Crippen molar-refractivity contribution in [3.63, 3.8) is 0 Å². The molecule has 3 atom stereocenters. The molecule has 5 heteroatoms. The largest absolute Gasteiger partial charge is 0.481 e. The van der Waals surface area contributed by atoms with E-state index in [-0.39, 0.29) is 12.3 Å². The van der Waals surface area contributed by atoms with E-state index >= 15 is 0 Å². The van der Waals surface area contributed by atoms with Crippen molar-refractivity contribution >= 4 is 5.97 Å². The first-order valence-corrected chi connectivity index (χ1v) is 10.0. The van der Waals surface area contributed by atoms with Gasteiger partial charge in [0.1, 0.15) is 6.67 Å². The number of hydrogen-bond acceptors (Lipinski definition) is 3. The Morgan fingerprint density at radius 2 is 1.96 bits per heavy atom. The Hall–Kier alpha value is -1.20. The second-order valence-electron chi connectivity index (χ2n) is 7.32. The van der Waals surface area contributed by atoms with Crippen LogP contribution in [0.15, 0.2) is 23.3 Å². The number of halogens is 1. The Morgan fingerprint density at radius 3 is 2.62 bits per heavy atom. The molecule has 0 aromatic carbocycles. The third kappa shape index (κ3) is 8.45. The average molecular weight is 371 g/mol. The fourth-order valence-corrected chi connectivity index (χ4v) is 3.60. The Morgan fingerprint density at radius 1 is 1.23 bits per heavy atom. The van der Waals surface area contributed by atoms with E-state index in [1.165, 1.54) is 0 Å². The van der Waals surface area contributed by atoms with E-state index in [1.54, 1.807) is 6.08 Å². The van der Waals surface area contributed by atoms with Crippen molar-refractivity contribution in [1.29, 1.82) is 0 Å². The molecule has 0 fully saturated rings. The highest BCUT2D eigenvalue weighted by atomic mass is 19.1. The number of unbranched alkanes of at least 4 members (excludes halogenated alkanes) is 5. The molecule has 0 unspecified atom stereocenters. The summed E-state index contributed by atoms with van der Waals surface area (Å²) in [4.78, 5) is 10.5. The van der Waals surface area contributed by atoms with Crippen LogP contribution >= 0.6 is 0 Å². The Bertz CT molecular complexity index is 473. The van der Waals surface area contributed by atoms with Crippen LogP contribution in [0.25, 0.3) is 0 Å². The molecule has 1 rings (SSSR count). The molecule has 0 saturated carbocycles. The number of aliphatic carboxylic acids is 1. The van der Waals surface area contributed by atoms with Crippen LogP contribution < -0.4 is 0 Å². The van der Waals surface area contributed by atoms with Crippen molar-refractivity contribution in [2.24, 2.45) is 5.92 Å². The van der Waals surface area contributed by atoms with E-state index < -0.39 is 24.9 Å². The van der Waals surface area contributed by atoms with Crippen molar-refractivity contribution in [1.82, 2.24) is 0 Å². The Balaban J connectivity index is 2.51. The zero-order valence-corrected chi connectivity index (χ0v) is 16.0. The highest BCUT2D eigenvalue weighted by molar-refractivity contribution is 5.66. The zero-order chi connectivity index (χ0) is 19.4. The molecule has 0 bridgehead atoms. The summed E-state index contributed by atoms with van der Waals surface area (Å²) in [7, 11) is 0. The molecule has 0 heterocycles. The van der Waals surface area contributed by atoms with Gasteiger partial charge >= 0.3 is 5.97 Å². The summed E-state index contributed by atoms with van der Waals surface area (Å²) < 4.78 is 13.3. The molecule has 4 nitrogen and oxygen atoms in total. The van der Waals surface area contributed by atoms with Crippen molar-refractivity contribution in [2.45, 2.75) is 89.8 Å². The minimum atomic E-state index is -0.769. The lowest BCUT2D eigenvalue weighted by molar-refractivity contribution is -0.137. The molecule has 0 amide bonds. The van der Waals surface area contributed by atoms with E-state index in [4.69, 9.17) is 5.11 Å². The van der Waals surface area contributed by atoms with Crippen molar-refractivity contribution in [3.05, 3.63) is 23.3 Å². The number of rotatable bonds is 14. The van der Waals surface area contributed by atoms with Gasteiger partial charge < -0.3 is 15.3 Å². The Labute approximate surface area is 156 Å². The first-order valence-electron chi connectivity index (χ1n) is 10.0. The standard InChI is InChI=1S/C21H35FO4/c1-2-3-6-9-17(23)12-13-19-18(16(15-22)14-20(19)24)10-7-4-5-8-11-21(25)26/h12-13,17,19-20,23-24H,2-11,14-15H2,1H3,(H,25,26)/t17-,19+,20+/m0/s1. The third-order valence-corrected chi connectivity index (χ3v) is 5.12. The fourth-order valence-electron chi connectivity index (χ4n) is 3.60. The highest BCUT2D eigenvalue weighted by Crippen LogP contribution is 2.37. The van der Waals surface area contributed by atoms with Gasteiger partial charge in [-0.2, -0.15) is 0 Å². The summed E-state index contributed by atoms with van der Waals surface area (Å²) in [5, 5.41) is 29.0. The number of carboxylic acid groups (broad SMARTS) is 1. The van der Waals surface area contributed by atoms with Gasteiger partial charge in [-0.3, -0.25) is 4.79 Å². The number of hydrogen-bond donors (Lipinski definition) is 3. The summed E-state index contributed by atoms with van der Waals surface area (Å²) >= 11 is 0. The van der Waals surface area contributed by atoms with Crippen LogP contribution in [0.4, 0.5) is 4.39 Å². The van der Waals surface area contributed by atoms with Crippen LogP contribution in [0.2, 0.25) is 0 Å². The summed E-state index contributed by atoms with van der Waals surface area (Å²) in [6.45, 7) is 1.59. The van der Waals surface area contributed by atoms with E-state index in [0.29, 0.717) is 24.8 Å². The van der Waals surface area contributed by atoms with Gasteiger partial charge in [-0.15, -0.1) is 0 Å². The molecule has 0 radical (unpaired) electrons. The quantitative estimate of drug-likeness (QED) is 0.309. The van der Waals surface area contributed by atoms with Crippen molar-refractivity contribution in [3.8, 4) is 0 Å². The third-order valence-electron chi connectivity index (χ3n) is 5.12. The van der Waals surface area contributed by atoms with E-state index in [0.717, 1.165) is 50.5 Å². The number of carbonyl (C=O) groups is 1. The maximum absolute atomic E-state index is 13.3. The van der Waals surface area contributed by atoms with Gasteiger partial charge in [0.25, 0.3) is 0 Å². The molecular weight excluding hydrogens is 335 g/mol. The summed E-state index contributed by atoms with van der Waals surface area (Å²) in [5.74, 6) is -0.977. The average Bonchev–Trinajstić information content (AvgIpc) is 2.91. The lowest BCUT2D eigenvalue weighted by atomic mass is 9.92. The first kappa shape index (κ1) is 22.8. The molecule has 0 saturated heterocycles. The molecule has 0 aliphatic heterocycles. The molecule has 0 spiro atoms. The first-order chi connectivity index (χ1) is 12.5. The van der Waals surface area contributed by atoms with Crippen LogP contribution in [-0.2, 0) is 4.79 Å². The predicted octanol–water partition coefficient (Wildman–Crippen LogP) is 4.56. The minimum Gasteiger partial charge on any atom is -0.481 e. The molecule has 26 heavy (non-hydrogen) atoms. The minimum absolute atomic E-state index is 0.193. The van der Waals surface area contributed by atoms with Gasteiger partial charge in [0, 0.05) is 12.3 Å². The maximum Gasteiger partial charge on any atom is 0.303 e. The van der Waals surface area contributed by atoms with Gasteiger partial charge in [0.15, 0.2) is 0 Å². The SMILES string of the molecule is CCCCC[C@H](O)C=C[C@@H]1C(CCCCCCC(=O)O)=C(CF)C[C@H]1O. The molecule has 0 aromatic heterocycles. The topological polar surface area (TPSA) is 77.8 Å². The van der Waals surface area contributed by atoms with Crippen LogP contribution in [0, 0.1) is 5.92 Å². The van der Waals surface area contributed by atoms with Crippen LogP contribution in [0.3, 0.4) is 0 Å². The number of alkyl halides is 1. The van der Waals surface area contributed by atoms with E-state index in [1.807, 2.05) is 6.08 Å². The summed E-state index contributed by atoms with van der Waals surface area (Å²) in [6, 6.07) is 0. The second kappa shape index (κ2) is 13.0. The smallest absolute Gasteiger partial charge is 0.303 e. The van der Waals surface area contributed by atoms with Gasteiger partial charge in [-0.05, 0) is 37.7 Å². The molecule has 1 aliphatic carbocycles. The molecule has 150 valence electrons. The molecule has 0 aromatic rings.